The van der Waals surface area contributed by atoms with Gasteiger partial charge < -0.3 is 9.42 Å². The summed E-state index contributed by atoms with van der Waals surface area (Å²) in [5.41, 5.74) is 2.07. The van der Waals surface area contributed by atoms with Gasteiger partial charge >= 0.3 is 0 Å². The van der Waals surface area contributed by atoms with Gasteiger partial charge in [-0.15, -0.1) is 0 Å². The van der Waals surface area contributed by atoms with E-state index < -0.39 is 0 Å². The molecule has 2 aromatic rings. The Hall–Kier alpha value is -2.17. The van der Waals surface area contributed by atoms with Gasteiger partial charge in [0.25, 0.3) is 5.91 Å². The lowest BCUT2D eigenvalue weighted by atomic mass is 9.86. The van der Waals surface area contributed by atoms with Crippen molar-refractivity contribution in [1.82, 2.24) is 15.0 Å². The first kappa shape index (κ1) is 15.4. The topological polar surface area (TPSA) is 59.2 Å². The van der Waals surface area contributed by atoms with Gasteiger partial charge in [0.15, 0.2) is 5.82 Å². The van der Waals surface area contributed by atoms with Crippen molar-refractivity contribution in [2.45, 2.75) is 50.9 Å². The second kappa shape index (κ2) is 5.43. The third kappa shape index (κ3) is 2.83. The van der Waals surface area contributed by atoms with Crippen molar-refractivity contribution in [2.24, 2.45) is 0 Å². The average molecular weight is 325 g/mol. The average Bonchev–Trinajstić information content (AvgIpc) is 3.24. The van der Waals surface area contributed by atoms with Crippen LogP contribution in [0.2, 0.25) is 0 Å². The number of likely N-dealkylation sites (tertiary alicyclic amines) is 1. The Morgan fingerprint density at radius 3 is 2.38 bits per heavy atom. The van der Waals surface area contributed by atoms with E-state index in [0.717, 1.165) is 11.4 Å². The molecule has 4 rings (SSSR count). The van der Waals surface area contributed by atoms with Crippen LogP contribution in [0.15, 0.2) is 28.8 Å². The number of hydrogen-bond donors (Lipinski definition) is 0. The Kier molecular flexibility index (Phi) is 3.48. The van der Waals surface area contributed by atoms with Crippen LogP contribution in [0.25, 0.3) is 0 Å². The van der Waals surface area contributed by atoms with Crippen LogP contribution in [0.5, 0.6) is 0 Å². The SMILES string of the molecule is CC(C)(C)c1ccc(C(=O)N2CC(c3nc(C4CC4)no3)C2)cc1. The van der Waals surface area contributed by atoms with Crippen molar-refractivity contribution in [1.29, 1.82) is 0 Å². The highest BCUT2D eigenvalue weighted by molar-refractivity contribution is 5.94. The fraction of sp³-hybridized carbons (Fsp3) is 0.526. The molecule has 5 heteroatoms. The van der Waals surface area contributed by atoms with Crippen LogP contribution in [0, 0.1) is 0 Å². The van der Waals surface area contributed by atoms with Crippen LogP contribution in [0.4, 0.5) is 0 Å². The van der Waals surface area contributed by atoms with Gasteiger partial charge in [-0.25, -0.2) is 0 Å². The standard InChI is InChI=1S/C19H23N3O2/c1-19(2,3)15-8-6-13(7-9-15)18(23)22-10-14(11-22)17-20-16(21-24-17)12-4-5-12/h6-9,12,14H,4-5,10-11H2,1-3H3. The summed E-state index contributed by atoms with van der Waals surface area (Å²) in [6.07, 6.45) is 2.33. The van der Waals surface area contributed by atoms with Gasteiger partial charge in [-0.05, 0) is 36.0 Å². The molecule has 2 heterocycles. The molecule has 5 nitrogen and oxygen atoms in total. The molecule has 126 valence electrons. The first-order valence-electron chi connectivity index (χ1n) is 8.65. The van der Waals surface area contributed by atoms with Crippen LogP contribution in [0.1, 0.15) is 73.1 Å². The highest BCUT2D eigenvalue weighted by Crippen LogP contribution is 2.39. The predicted molar refractivity (Wildman–Crippen MR) is 90.1 cm³/mol. The summed E-state index contributed by atoms with van der Waals surface area (Å²) in [6, 6.07) is 7.94. The molecular formula is C19H23N3O2. The number of amides is 1. The van der Waals surface area contributed by atoms with Crippen molar-refractivity contribution >= 4 is 5.91 Å². The number of nitrogens with zero attached hydrogens (tertiary/aromatic N) is 3. The smallest absolute Gasteiger partial charge is 0.253 e. The molecule has 0 atom stereocenters. The van der Waals surface area contributed by atoms with Gasteiger partial charge in [-0.1, -0.05) is 38.1 Å². The molecule has 0 bridgehead atoms. The van der Waals surface area contributed by atoms with Crippen molar-refractivity contribution in [3.05, 3.63) is 47.1 Å². The number of carbonyl (C=O) groups excluding carboxylic acids is 1. The largest absolute Gasteiger partial charge is 0.339 e. The number of rotatable bonds is 3. The molecule has 1 aliphatic carbocycles. The first-order chi connectivity index (χ1) is 11.4. The lowest BCUT2D eigenvalue weighted by molar-refractivity contribution is 0.0569. The molecule has 1 aliphatic heterocycles. The Balaban J connectivity index is 1.38. The van der Waals surface area contributed by atoms with Gasteiger partial charge in [-0.2, -0.15) is 4.98 Å². The monoisotopic (exact) mass is 325 g/mol. The molecule has 1 aromatic carbocycles. The summed E-state index contributed by atoms with van der Waals surface area (Å²) in [7, 11) is 0. The fourth-order valence-corrected chi connectivity index (χ4v) is 3.02. The Morgan fingerprint density at radius 2 is 1.79 bits per heavy atom. The Bertz CT molecular complexity index is 748. The summed E-state index contributed by atoms with van der Waals surface area (Å²) in [5, 5.41) is 4.05. The van der Waals surface area contributed by atoms with Gasteiger partial charge in [0, 0.05) is 24.6 Å². The van der Waals surface area contributed by atoms with Gasteiger partial charge in [0.05, 0.1) is 5.92 Å². The lowest BCUT2D eigenvalue weighted by Crippen LogP contribution is -2.48. The minimum absolute atomic E-state index is 0.0774. The summed E-state index contributed by atoms with van der Waals surface area (Å²) in [5.74, 6) is 2.29. The zero-order valence-corrected chi connectivity index (χ0v) is 14.5. The third-order valence-corrected chi connectivity index (χ3v) is 4.92. The molecule has 0 spiro atoms. The van der Waals surface area contributed by atoms with Crippen LogP contribution in [-0.4, -0.2) is 34.0 Å². The zero-order chi connectivity index (χ0) is 16.9. The molecule has 0 unspecified atom stereocenters. The van der Waals surface area contributed by atoms with Crippen molar-refractivity contribution in [2.75, 3.05) is 13.1 Å². The zero-order valence-electron chi connectivity index (χ0n) is 14.5. The Morgan fingerprint density at radius 1 is 1.12 bits per heavy atom. The molecule has 0 radical (unpaired) electrons. The van der Waals surface area contributed by atoms with Gasteiger partial charge in [0.1, 0.15) is 0 Å². The van der Waals surface area contributed by atoms with Crippen molar-refractivity contribution in [3.8, 4) is 0 Å². The van der Waals surface area contributed by atoms with Gasteiger partial charge in [-0.3, -0.25) is 4.79 Å². The van der Waals surface area contributed by atoms with E-state index in [1.54, 1.807) is 0 Å². The molecule has 24 heavy (non-hydrogen) atoms. The van der Waals surface area contributed by atoms with Crippen LogP contribution in [0.3, 0.4) is 0 Å². The van der Waals surface area contributed by atoms with Gasteiger partial charge in [0.2, 0.25) is 5.89 Å². The van der Waals surface area contributed by atoms with Crippen molar-refractivity contribution < 1.29 is 9.32 Å². The molecule has 2 aliphatic rings. The molecule has 2 fully saturated rings. The second-order valence-corrected chi connectivity index (χ2v) is 8.00. The van der Waals surface area contributed by atoms with E-state index in [-0.39, 0.29) is 17.2 Å². The molecule has 1 saturated heterocycles. The minimum Gasteiger partial charge on any atom is -0.339 e. The van der Waals surface area contributed by atoms with E-state index in [0.29, 0.717) is 24.9 Å². The molecule has 1 saturated carbocycles. The summed E-state index contributed by atoms with van der Waals surface area (Å²) >= 11 is 0. The lowest BCUT2D eigenvalue weighted by Gasteiger charge is -2.37. The fourth-order valence-electron chi connectivity index (χ4n) is 3.02. The van der Waals surface area contributed by atoms with Crippen molar-refractivity contribution in [3.63, 3.8) is 0 Å². The minimum atomic E-state index is 0.0774. The number of carbonyl (C=O) groups is 1. The maximum Gasteiger partial charge on any atom is 0.253 e. The van der Waals surface area contributed by atoms with E-state index >= 15 is 0 Å². The highest BCUT2D eigenvalue weighted by atomic mass is 16.5. The van der Waals surface area contributed by atoms with E-state index in [2.05, 4.69) is 30.9 Å². The maximum atomic E-state index is 12.5. The molecule has 1 amide bonds. The molecule has 1 aromatic heterocycles. The summed E-state index contributed by atoms with van der Waals surface area (Å²) < 4.78 is 5.36. The summed E-state index contributed by atoms with van der Waals surface area (Å²) in [4.78, 5) is 18.9. The first-order valence-corrected chi connectivity index (χ1v) is 8.65. The van der Waals surface area contributed by atoms with E-state index in [1.165, 1.54) is 18.4 Å². The number of aromatic nitrogens is 2. The number of benzene rings is 1. The normalized spacial score (nSPS) is 18.5. The van der Waals surface area contributed by atoms with Crippen LogP contribution in [-0.2, 0) is 5.41 Å². The third-order valence-electron chi connectivity index (χ3n) is 4.92. The summed E-state index contributed by atoms with van der Waals surface area (Å²) in [6.45, 7) is 7.83. The maximum absolute atomic E-state index is 12.5. The van der Waals surface area contributed by atoms with E-state index in [4.69, 9.17) is 4.52 Å². The Labute approximate surface area is 142 Å². The quantitative estimate of drug-likeness (QED) is 0.867. The predicted octanol–water partition coefficient (Wildman–Crippen LogP) is 3.48. The number of hydrogen-bond acceptors (Lipinski definition) is 4. The van der Waals surface area contributed by atoms with Crippen LogP contribution >= 0.6 is 0 Å². The molecular weight excluding hydrogens is 302 g/mol. The van der Waals surface area contributed by atoms with Crippen LogP contribution < -0.4 is 0 Å². The second-order valence-electron chi connectivity index (χ2n) is 8.00. The highest BCUT2D eigenvalue weighted by Gasteiger charge is 2.37. The van der Waals surface area contributed by atoms with E-state index in [9.17, 15) is 4.79 Å². The molecule has 0 N–H and O–H groups in total. The van der Waals surface area contributed by atoms with E-state index in [1.807, 2.05) is 29.2 Å².